The third-order valence-electron chi connectivity index (χ3n) is 3.07. The van der Waals surface area contributed by atoms with Crippen molar-refractivity contribution in [1.82, 2.24) is 0 Å². The van der Waals surface area contributed by atoms with Crippen LogP contribution in [-0.4, -0.2) is 5.78 Å². The standard InChI is InChI=1S/C15H22O/c1-12(16)15(5,11-14(2,3)4)13-9-7-6-8-10-13/h6-10H,11H2,1-5H3. The van der Waals surface area contributed by atoms with Crippen LogP contribution in [0, 0.1) is 5.41 Å². The average Bonchev–Trinajstić information content (AvgIpc) is 2.16. The molecule has 1 heteroatoms. The summed E-state index contributed by atoms with van der Waals surface area (Å²) >= 11 is 0. The number of carbonyl (C=O) groups excluding carboxylic acids is 1. The second-order valence-corrected chi connectivity index (χ2v) is 5.99. The summed E-state index contributed by atoms with van der Waals surface area (Å²) in [5.41, 5.74) is 0.910. The molecule has 0 heterocycles. The average molecular weight is 218 g/mol. The molecule has 1 unspecified atom stereocenters. The number of rotatable bonds is 3. The molecular weight excluding hydrogens is 196 g/mol. The Kier molecular flexibility index (Phi) is 3.57. The Hall–Kier alpha value is -1.11. The maximum absolute atomic E-state index is 11.9. The van der Waals surface area contributed by atoms with Gasteiger partial charge in [0.25, 0.3) is 0 Å². The maximum Gasteiger partial charge on any atom is 0.140 e. The Balaban J connectivity index is 3.13. The lowest BCUT2D eigenvalue weighted by atomic mass is 9.69. The number of ketones is 1. The third-order valence-corrected chi connectivity index (χ3v) is 3.07. The van der Waals surface area contributed by atoms with Crippen LogP contribution in [0.25, 0.3) is 0 Å². The number of carbonyl (C=O) groups is 1. The van der Waals surface area contributed by atoms with Crippen molar-refractivity contribution < 1.29 is 4.79 Å². The van der Waals surface area contributed by atoms with E-state index in [1.807, 2.05) is 30.3 Å². The molecule has 1 aromatic rings. The molecule has 16 heavy (non-hydrogen) atoms. The fourth-order valence-electron chi connectivity index (χ4n) is 2.30. The molecule has 0 bridgehead atoms. The highest BCUT2D eigenvalue weighted by atomic mass is 16.1. The normalized spacial score (nSPS) is 15.6. The van der Waals surface area contributed by atoms with E-state index in [0.29, 0.717) is 0 Å². The largest absolute Gasteiger partial charge is 0.299 e. The molecule has 1 atom stereocenters. The molecule has 0 aliphatic carbocycles. The first-order valence-electron chi connectivity index (χ1n) is 5.82. The van der Waals surface area contributed by atoms with E-state index in [0.717, 1.165) is 12.0 Å². The van der Waals surface area contributed by atoms with Crippen molar-refractivity contribution in [2.75, 3.05) is 0 Å². The van der Waals surface area contributed by atoms with E-state index >= 15 is 0 Å². The van der Waals surface area contributed by atoms with Gasteiger partial charge >= 0.3 is 0 Å². The number of hydrogen-bond acceptors (Lipinski definition) is 1. The molecule has 1 rings (SSSR count). The molecule has 0 amide bonds. The third kappa shape index (κ3) is 2.94. The zero-order valence-corrected chi connectivity index (χ0v) is 11.0. The highest BCUT2D eigenvalue weighted by Crippen LogP contribution is 2.37. The second-order valence-electron chi connectivity index (χ2n) is 5.99. The quantitative estimate of drug-likeness (QED) is 0.750. The first kappa shape index (κ1) is 13.0. The minimum Gasteiger partial charge on any atom is -0.299 e. The summed E-state index contributed by atoms with van der Waals surface area (Å²) in [7, 11) is 0. The summed E-state index contributed by atoms with van der Waals surface area (Å²) in [6, 6.07) is 10.1. The van der Waals surface area contributed by atoms with Crippen LogP contribution in [0.4, 0.5) is 0 Å². The van der Waals surface area contributed by atoms with Crippen molar-refractivity contribution in [2.45, 2.75) is 46.5 Å². The van der Waals surface area contributed by atoms with Crippen molar-refractivity contribution in [1.29, 1.82) is 0 Å². The van der Waals surface area contributed by atoms with E-state index < -0.39 is 0 Å². The minimum absolute atomic E-state index is 0.149. The van der Waals surface area contributed by atoms with Crippen LogP contribution in [0.1, 0.15) is 46.6 Å². The maximum atomic E-state index is 11.9. The predicted molar refractivity (Wildman–Crippen MR) is 68.5 cm³/mol. The fourth-order valence-corrected chi connectivity index (χ4v) is 2.30. The molecule has 0 saturated heterocycles. The molecule has 0 radical (unpaired) electrons. The molecule has 0 aliphatic heterocycles. The van der Waals surface area contributed by atoms with E-state index in [1.54, 1.807) is 6.92 Å². The monoisotopic (exact) mass is 218 g/mol. The molecule has 0 N–H and O–H groups in total. The van der Waals surface area contributed by atoms with Crippen LogP contribution >= 0.6 is 0 Å². The zero-order valence-electron chi connectivity index (χ0n) is 11.0. The summed E-state index contributed by atoms with van der Waals surface area (Å²) in [6.07, 6.45) is 0.874. The predicted octanol–water partition coefficient (Wildman–Crippen LogP) is 3.97. The molecule has 0 saturated carbocycles. The second kappa shape index (κ2) is 4.40. The van der Waals surface area contributed by atoms with Crippen LogP contribution in [0.3, 0.4) is 0 Å². The Morgan fingerprint density at radius 1 is 1.06 bits per heavy atom. The summed E-state index contributed by atoms with van der Waals surface area (Å²) in [5.74, 6) is 0.244. The summed E-state index contributed by atoms with van der Waals surface area (Å²) < 4.78 is 0. The molecule has 0 spiro atoms. The molecule has 88 valence electrons. The van der Waals surface area contributed by atoms with Gasteiger partial charge in [0.05, 0.1) is 5.41 Å². The van der Waals surface area contributed by atoms with Gasteiger partial charge in [0.1, 0.15) is 5.78 Å². The van der Waals surface area contributed by atoms with Gasteiger partial charge < -0.3 is 0 Å². The smallest absolute Gasteiger partial charge is 0.140 e. The lowest BCUT2D eigenvalue weighted by molar-refractivity contribution is -0.123. The van der Waals surface area contributed by atoms with Gasteiger partial charge in [0, 0.05) is 0 Å². The topological polar surface area (TPSA) is 17.1 Å². The summed E-state index contributed by atoms with van der Waals surface area (Å²) in [5, 5.41) is 0. The summed E-state index contributed by atoms with van der Waals surface area (Å²) in [4.78, 5) is 11.9. The van der Waals surface area contributed by atoms with E-state index in [-0.39, 0.29) is 16.6 Å². The fraction of sp³-hybridized carbons (Fsp3) is 0.533. The van der Waals surface area contributed by atoms with E-state index in [2.05, 4.69) is 27.7 Å². The van der Waals surface area contributed by atoms with Crippen LogP contribution in [0.5, 0.6) is 0 Å². The molecule has 0 aromatic heterocycles. The van der Waals surface area contributed by atoms with Gasteiger partial charge in [-0.25, -0.2) is 0 Å². The molecular formula is C15H22O. The van der Waals surface area contributed by atoms with Crippen LogP contribution < -0.4 is 0 Å². The highest BCUT2D eigenvalue weighted by Gasteiger charge is 2.35. The molecule has 1 aromatic carbocycles. The van der Waals surface area contributed by atoms with E-state index in [9.17, 15) is 4.79 Å². The number of Topliss-reactive ketones (excluding diaryl/α,β-unsaturated/α-hetero) is 1. The lowest BCUT2D eigenvalue weighted by Crippen LogP contribution is -2.35. The van der Waals surface area contributed by atoms with Crippen LogP contribution in [-0.2, 0) is 10.2 Å². The van der Waals surface area contributed by atoms with Crippen molar-refractivity contribution in [3.8, 4) is 0 Å². The first-order chi connectivity index (χ1) is 7.26. The summed E-state index contributed by atoms with van der Waals surface area (Å²) in [6.45, 7) is 10.3. The van der Waals surface area contributed by atoms with Crippen LogP contribution in [0.2, 0.25) is 0 Å². The minimum atomic E-state index is -0.362. The van der Waals surface area contributed by atoms with Gasteiger partial charge in [-0.05, 0) is 31.2 Å². The van der Waals surface area contributed by atoms with Gasteiger partial charge in [0.15, 0.2) is 0 Å². The van der Waals surface area contributed by atoms with Crippen molar-refractivity contribution in [3.63, 3.8) is 0 Å². The Morgan fingerprint density at radius 3 is 1.94 bits per heavy atom. The van der Waals surface area contributed by atoms with Gasteiger partial charge in [-0.3, -0.25) is 4.79 Å². The Bertz CT molecular complexity index is 359. The SMILES string of the molecule is CC(=O)C(C)(CC(C)(C)C)c1ccccc1. The van der Waals surface area contributed by atoms with E-state index in [1.165, 1.54) is 0 Å². The molecule has 0 aliphatic rings. The molecule has 0 fully saturated rings. The zero-order chi connectivity index (χ0) is 12.4. The number of hydrogen-bond donors (Lipinski definition) is 0. The van der Waals surface area contributed by atoms with E-state index in [4.69, 9.17) is 0 Å². The Morgan fingerprint density at radius 2 is 1.56 bits per heavy atom. The van der Waals surface area contributed by atoms with Crippen molar-refractivity contribution in [3.05, 3.63) is 35.9 Å². The van der Waals surface area contributed by atoms with Gasteiger partial charge in [-0.1, -0.05) is 51.1 Å². The first-order valence-corrected chi connectivity index (χ1v) is 5.82. The highest BCUT2D eigenvalue weighted by molar-refractivity contribution is 5.87. The Labute approximate surface area is 98.9 Å². The van der Waals surface area contributed by atoms with Gasteiger partial charge in [0.2, 0.25) is 0 Å². The number of benzene rings is 1. The van der Waals surface area contributed by atoms with Crippen molar-refractivity contribution >= 4 is 5.78 Å². The van der Waals surface area contributed by atoms with Crippen molar-refractivity contribution in [2.24, 2.45) is 5.41 Å². The lowest BCUT2D eigenvalue weighted by Gasteiger charge is -2.34. The van der Waals surface area contributed by atoms with Gasteiger partial charge in [-0.2, -0.15) is 0 Å². The molecule has 1 nitrogen and oxygen atoms in total. The van der Waals surface area contributed by atoms with Gasteiger partial charge in [-0.15, -0.1) is 0 Å². The van der Waals surface area contributed by atoms with Crippen LogP contribution in [0.15, 0.2) is 30.3 Å².